The zero-order valence-corrected chi connectivity index (χ0v) is 20.5. The van der Waals surface area contributed by atoms with Crippen LogP contribution in [0.5, 0.6) is 0 Å². The van der Waals surface area contributed by atoms with Gasteiger partial charge in [0.2, 0.25) is 0 Å². The van der Waals surface area contributed by atoms with Gasteiger partial charge in [-0.15, -0.1) is 0 Å². The molecule has 1 spiro atoms. The molecular formula is C24H39NO9. The number of fused-ring (bicyclic) bond motifs is 2. The average molecular weight is 486 g/mol. The van der Waals surface area contributed by atoms with E-state index in [2.05, 4.69) is 4.90 Å². The number of aliphatic hydroxyl groups excluding tert-OH is 3. The van der Waals surface area contributed by atoms with E-state index in [9.17, 15) is 25.5 Å². The Kier molecular flexibility index (Phi) is 5.02. The summed E-state index contributed by atoms with van der Waals surface area (Å²) in [5.41, 5.74) is -4.81. The Morgan fingerprint density at radius 3 is 2.24 bits per heavy atom. The maximum atomic E-state index is 12.5. The van der Waals surface area contributed by atoms with Crippen LogP contribution < -0.4 is 0 Å². The molecule has 1 heterocycles. The Balaban J connectivity index is 1.67. The lowest BCUT2D eigenvalue weighted by Gasteiger charge is -2.69. The van der Waals surface area contributed by atoms with Gasteiger partial charge in [0, 0.05) is 76.0 Å². The van der Waals surface area contributed by atoms with Crippen LogP contribution >= 0.6 is 0 Å². The number of ether oxygens (including phenoxy) is 4. The van der Waals surface area contributed by atoms with Gasteiger partial charge in [0.1, 0.15) is 23.4 Å². The summed E-state index contributed by atoms with van der Waals surface area (Å²) >= 11 is 0. The van der Waals surface area contributed by atoms with Crippen LogP contribution in [0.2, 0.25) is 0 Å². The van der Waals surface area contributed by atoms with Crippen molar-refractivity contribution in [2.24, 2.45) is 34.5 Å². The second kappa shape index (κ2) is 7.12. The number of piperidine rings is 1. The van der Waals surface area contributed by atoms with Gasteiger partial charge in [-0.05, 0) is 19.4 Å². The third-order valence-corrected chi connectivity index (χ3v) is 11.4. The quantitative estimate of drug-likeness (QED) is 0.292. The molecule has 6 aliphatic rings. The molecule has 5 unspecified atom stereocenters. The molecule has 1 aliphatic heterocycles. The highest BCUT2D eigenvalue weighted by atomic mass is 16.5. The fourth-order valence-electron chi connectivity index (χ4n) is 10.9. The third kappa shape index (κ3) is 2.14. The summed E-state index contributed by atoms with van der Waals surface area (Å²) in [5.74, 6) is -2.05. The monoisotopic (exact) mass is 485 g/mol. The zero-order valence-electron chi connectivity index (χ0n) is 20.5. The summed E-state index contributed by atoms with van der Waals surface area (Å²) in [6, 6.07) is -0.254. The van der Waals surface area contributed by atoms with Gasteiger partial charge >= 0.3 is 0 Å². The number of hydrogen-bond donors (Lipinski definition) is 5. The Hall–Kier alpha value is -0.400. The van der Waals surface area contributed by atoms with Crippen LogP contribution in [-0.2, 0) is 18.9 Å². The second-order valence-corrected chi connectivity index (χ2v) is 12.0. The van der Waals surface area contributed by atoms with Crippen molar-refractivity contribution in [3.05, 3.63) is 0 Å². The summed E-state index contributed by atoms with van der Waals surface area (Å²) in [6.45, 7) is 0.836. The first-order chi connectivity index (χ1) is 16.1. The Bertz CT molecular complexity index is 862. The van der Waals surface area contributed by atoms with Crippen LogP contribution in [0, 0.1) is 34.5 Å². The summed E-state index contributed by atoms with van der Waals surface area (Å²) < 4.78 is 23.6. The highest BCUT2D eigenvalue weighted by Gasteiger charge is 2.90. The average Bonchev–Trinajstić information content (AvgIpc) is 3.17. The number of likely N-dealkylation sites (tertiary alicyclic amines) is 1. The fourth-order valence-corrected chi connectivity index (χ4v) is 10.9. The molecular weight excluding hydrogens is 446 g/mol. The topological polar surface area (TPSA) is 141 Å². The first kappa shape index (κ1) is 24.0. The minimum Gasteiger partial charge on any atom is -0.392 e. The van der Waals surface area contributed by atoms with Gasteiger partial charge in [-0.25, -0.2) is 0 Å². The molecule has 5 aliphatic carbocycles. The molecule has 5 saturated carbocycles. The molecule has 0 amide bonds. The molecule has 1 saturated heterocycles. The summed E-state index contributed by atoms with van der Waals surface area (Å²) in [7, 11) is 8.24. The van der Waals surface area contributed by atoms with Gasteiger partial charge in [-0.3, -0.25) is 0 Å². The van der Waals surface area contributed by atoms with E-state index >= 15 is 0 Å². The van der Waals surface area contributed by atoms with Crippen molar-refractivity contribution in [3.8, 4) is 0 Å². The maximum absolute atomic E-state index is 12.5. The van der Waals surface area contributed by atoms with Crippen molar-refractivity contribution in [2.45, 2.75) is 66.7 Å². The standard InChI is InChI=1S/C24H39NO9/c1-25-8-21(9-31-2)11(26)6-12(32-3)23-10-7-22(29)18(27)13(10)24(30,19(28)20(22)34-5)14(17(23)25)15(33-4)16(21)23/h10-20,26-30H,6-9H2,1-5H3/t10-,11-,12?,13-,14?,15+,16?,17?,18-,19+,20+,21-,22+,23?,24-/m1/s1. The summed E-state index contributed by atoms with van der Waals surface area (Å²) in [5, 5.41) is 58.9. The minimum absolute atomic E-state index is 0.153. The Labute approximate surface area is 199 Å². The van der Waals surface area contributed by atoms with E-state index in [1.165, 1.54) is 7.11 Å². The van der Waals surface area contributed by atoms with Gasteiger partial charge in [0.25, 0.3) is 0 Å². The SMILES string of the molecule is COC[C@@]12CN(C)C3C4[C@H](OC)C1C3(C(OC)C[C@H]2O)[C@@H]1C[C@]2(O)[C@H](O)[C@@H]1[C@]4(O)[C@@H](O)[C@@H]2OC. The first-order valence-electron chi connectivity index (χ1n) is 12.3. The lowest BCUT2D eigenvalue weighted by Crippen LogP contribution is -2.80. The largest absolute Gasteiger partial charge is 0.392 e. The number of aliphatic hydroxyl groups is 5. The molecule has 0 aromatic carbocycles. The van der Waals surface area contributed by atoms with Gasteiger partial charge in [-0.2, -0.15) is 0 Å². The van der Waals surface area contributed by atoms with Crippen LogP contribution in [0.15, 0.2) is 0 Å². The van der Waals surface area contributed by atoms with E-state index in [4.69, 9.17) is 18.9 Å². The van der Waals surface area contributed by atoms with Crippen molar-refractivity contribution < 1.29 is 44.5 Å². The smallest absolute Gasteiger partial charge is 0.120 e. The van der Waals surface area contributed by atoms with E-state index in [1.54, 1.807) is 21.3 Å². The Morgan fingerprint density at radius 1 is 0.941 bits per heavy atom. The van der Waals surface area contributed by atoms with Crippen LogP contribution in [0.3, 0.4) is 0 Å². The van der Waals surface area contributed by atoms with Crippen LogP contribution in [0.1, 0.15) is 12.8 Å². The van der Waals surface area contributed by atoms with Gasteiger partial charge in [0.15, 0.2) is 0 Å². The molecule has 0 aromatic heterocycles. The fraction of sp³-hybridized carbons (Fsp3) is 1.00. The lowest BCUT2D eigenvalue weighted by molar-refractivity contribution is -0.319. The van der Waals surface area contributed by atoms with Crippen molar-refractivity contribution >= 4 is 0 Å². The maximum Gasteiger partial charge on any atom is 0.120 e. The van der Waals surface area contributed by atoms with Crippen LogP contribution in [0.4, 0.5) is 0 Å². The van der Waals surface area contributed by atoms with Crippen molar-refractivity contribution in [3.63, 3.8) is 0 Å². The molecule has 6 rings (SSSR count). The van der Waals surface area contributed by atoms with Crippen molar-refractivity contribution in [2.75, 3.05) is 48.6 Å². The summed E-state index contributed by atoms with van der Waals surface area (Å²) in [4.78, 5) is 2.17. The number of hydrogen-bond acceptors (Lipinski definition) is 10. The molecule has 194 valence electrons. The van der Waals surface area contributed by atoms with E-state index < -0.39 is 76.4 Å². The first-order valence-corrected chi connectivity index (χ1v) is 12.3. The number of rotatable bonds is 5. The highest BCUT2D eigenvalue weighted by Crippen LogP contribution is 2.79. The number of methoxy groups -OCH3 is 4. The molecule has 0 radical (unpaired) electrons. The normalized spacial score (nSPS) is 63.9. The number of nitrogens with zero attached hydrogens (tertiary/aromatic N) is 1. The third-order valence-electron chi connectivity index (χ3n) is 11.4. The Morgan fingerprint density at radius 2 is 1.65 bits per heavy atom. The summed E-state index contributed by atoms with van der Waals surface area (Å²) in [6.07, 6.45) is -4.96. The lowest BCUT2D eigenvalue weighted by atomic mass is 9.42. The second-order valence-electron chi connectivity index (χ2n) is 12.0. The minimum atomic E-state index is -1.76. The van der Waals surface area contributed by atoms with E-state index in [0.717, 1.165) is 0 Å². The van der Waals surface area contributed by atoms with Gasteiger partial charge in [0.05, 0.1) is 31.0 Å². The molecule has 10 heteroatoms. The molecule has 34 heavy (non-hydrogen) atoms. The van der Waals surface area contributed by atoms with Gasteiger partial charge < -0.3 is 49.4 Å². The molecule has 5 N–H and O–H groups in total. The highest BCUT2D eigenvalue weighted by molar-refractivity contribution is 5.39. The van der Waals surface area contributed by atoms with Crippen molar-refractivity contribution in [1.29, 1.82) is 0 Å². The zero-order chi connectivity index (χ0) is 24.6. The molecule has 15 atom stereocenters. The molecule has 6 fully saturated rings. The van der Waals surface area contributed by atoms with E-state index in [-0.39, 0.29) is 18.4 Å². The predicted molar refractivity (Wildman–Crippen MR) is 117 cm³/mol. The predicted octanol–water partition coefficient (Wildman–Crippen LogP) is -2.18. The van der Waals surface area contributed by atoms with Crippen LogP contribution in [0.25, 0.3) is 0 Å². The van der Waals surface area contributed by atoms with E-state index in [1.807, 2.05) is 7.05 Å². The van der Waals surface area contributed by atoms with Gasteiger partial charge in [-0.1, -0.05) is 0 Å². The molecule has 10 nitrogen and oxygen atoms in total. The van der Waals surface area contributed by atoms with Crippen molar-refractivity contribution in [1.82, 2.24) is 4.90 Å². The molecule has 7 bridgehead atoms. The molecule has 0 aromatic rings. The van der Waals surface area contributed by atoms with E-state index in [0.29, 0.717) is 19.6 Å². The van der Waals surface area contributed by atoms with Crippen LogP contribution in [-0.4, -0.2) is 133 Å².